The number of nitrogens with one attached hydrogen (secondary N) is 2. The summed E-state index contributed by atoms with van der Waals surface area (Å²) >= 11 is 1.32. The summed E-state index contributed by atoms with van der Waals surface area (Å²) < 4.78 is 0. The van der Waals surface area contributed by atoms with Crippen molar-refractivity contribution < 1.29 is 14.7 Å². The van der Waals surface area contributed by atoms with E-state index in [1.54, 1.807) is 6.92 Å². The molecule has 0 aliphatic carbocycles. The maximum atomic E-state index is 11.5. The van der Waals surface area contributed by atoms with Crippen LogP contribution in [0.15, 0.2) is 5.38 Å². The second kappa shape index (κ2) is 6.34. The molecular formula is C11H17N3O3S. The van der Waals surface area contributed by atoms with E-state index in [2.05, 4.69) is 15.6 Å². The van der Waals surface area contributed by atoms with Gasteiger partial charge in [-0.25, -0.2) is 14.6 Å². The number of rotatable bonds is 5. The molecule has 0 aromatic carbocycles. The largest absolute Gasteiger partial charge is 0.480 e. The van der Waals surface area contributed by atoms with Crippen LogP contribution in [0.4, 0.5) is 9.93 Å². The quantitative estimate of drug-likeness (QED) is 0.766. The molecule has 7 heteroatoms. The number of nitrogens with zero attached hydrogens (tertiary/aromatic N) is 1. The van der Waals surface area contributed by atoms with Crippen LogP contribution in [-0.2, 0) is 4.79 Å². The van der Waals surface area contributed by atoms with Gasteiger partial charge in [0, 0.05) is 5.38 Å². The van der Waals surface area contributed by atoms with Gasteiger partial charge in [0.1, 0.15) is 6.04 Å². The number of carboxylic acid groups (broad SMARTS) is 1. The first-order valence-corrected chi connectivity index (χ1v) is 6.57. The fraction of sp³-hybridized carbons (Fsp3) is 0.545. The molecule has 18 heavy (non-hydrogen) atoms. The third-order valence-electron chi connectivity index (χ3n) is 2.35. The van der Waals surface area contributed by atoms with Crippen LogP contribution >= 0.6 is 11.3 Å². The Morgan fingerprint density at radius 2 is 2.17 bits per heavy atom. The van der Waals surface area contributed by atoms with E-state index in [-0.39, 0.29) is 0 Å². The number of urea groups is 1. The van der Waals surface area contributed by atoms with Crippen molar-refractivity contribution in [2.24, 2.45) is 0 Å². The number of carbonyl (C=O) groups excluding carboxylic acids is 1. The molecule has 1 unspecified atom stereocenters. The molecule has 0 radical (unpaired) electrons. The summed E-state index contributed by atoms with van der Waals surface area (Å²) in [5, 5.41) is 16.0. The molecule has 1 atom stereocenters. The predicted octanol–water partition coefficient (Wildman–Crippen LogP) is 2.25. The minimum atomic E-state index is -1.05. The molecule has 0 saturated heterocycles. The zero-order valence-corrected chi connectivity index (χ0v) is 11.4. The molecule has 1 heterocycles. The van der Waals surface area contributed by atoms with Crippen LogP contribution in [0.25, 0.3) is 0 Å². The lowest BCUT2D eigenvalue weighted by atomic mass is 10.2. The highest BCUT2D eigenvalue weighted by atomic mass is 32.1. The van der Waals surface area contributed by atoms with Crippen LogP contribution < -0.4 is 10.6 Å². The van der Waals surface area contributed by atoms with Crippen molar-refractivity contribution >= 4 is 28.5 Å². The fourth-order valence-electron chi connectivity index (χ4n) is 1.24. The molecule has 1 aromatic heterocycles. The Morgan fingerprint density at radius 3 is 2.61 bits per heavy atom. The van der Waals surface area contributed by atoms with Gasteiger partial charge in [0.15, 0.2) is 5.13 Å². The molecule has 0 fully saturated rings. The van der Waals surface area contributed by atoms with Gasteiger partial charge in [0.25, 0.3) is 0 Å². The summed E-state index contributed by atoms with van der Waals surface area (Å²) in [4.78, 5) is 26.5. The zero-order valence-electron chi connectivity index (χ0n) is 10.6. The number of amides is 2. The Morgan fingerprint density at radius 1 is 1.50 bits per heavy atom. The molecule has 0 bridgehead atoms. The van der Waals surface area contributed by atoms with Gasteiger partial charge in [0.2, 0.25) is 0 Å². The maximum absolute atomic E-state index is 11.5. The van der Waals surface area contributed by atoms with Gasteiger partial charge >= 0.3 is 12.0 Å². The van der Waals surface area contributed by atoms with Crippen LogP contribution in [0.5, 0.6) is 0 Å². The second-order valence-electron chi connectivity index (χ2n) is 4.13. The van der Waals surface area contributed by atoms with Gasteiger partial charge in [-0.3, -0.25) is 5.32 Å². The number of carboxylic acids is 1. The minimum Gasteiger partial charge on any atom is -0.480 e. The van der Waals surface area contributed by atoms with E-state index in [4.69, 9.17) is 5.11 Å². The van der Waals surface area contributed by atoms with E-state index in [1.807, 2.05) is 19.2 Å². The number of aromatic nitrogens is 1. The lowest BCUT2D eigenvalue weighted by Gasteiger charge is -2.11. The highest BCUT2D eigenvalue weighted by molar-refractivity contribution is 7.13. The van der Waals surface area contributed by atoms with Gasteiger partial charge in [-0.15, -0.1) is 11.3 Å². The monoisotopic (exact) mass is 271 g/mol. The molecule has 2 amide bonds. The van der Waals surface area contributed by atoms with Crippen molar-refractivity contribution in [2.75, 3.05) is 5.32 Å². The number of aliphatic carboxylic acids is 1. The maximum Gasteiger partial charge on any atom is 0.326 e. The highest BCUT2D eigenvalue weighted by Crippen LogP contribution is 2.21. The van der Waals surface area contributed by atoms with E-state index in [9.17, 15) is 9.59 Å². The van der Waals surface area contributed by atoms with E-state index in [0.29, 0.717) is 17.5 Å². The number of carbonyl (C=O) groups is 2. The Bertz CT molecular complexity index is 431. The van der Waals surface area contributed by atoms with E-state index >= 15 is 0 Å². The van der Waals surface area contributed by atoms with Crippen LogP contribution in [0.1, 0.15) is 38.8 Å². The molecule has 100 valence electrons. The zero-order chi connectivity index (χ0) is 13.7. The van der Waals surface area contributed by atoms with E-state index in [1.165, 1.54) is 11.3 Å². The van der Waals surface area contributed by atoms with E-state index in [0.717, 1.165) is 5.69 Å². The van der Waals surface area contributed by atoms with Gasteiger partial charge in [-0.1, -0.05) is 20.8 Å². The molecule has 1 aromatic rings. The van der Waals surface area contributed by atoms with Crippen LogP contribution in [0.3, 0.4) is 0 Å². The van der Waals surface area contributed by atoms with Crippen molar-refractivity contribution in [3.8, 4) is 0 Å². The number of hydrogen-bond donors (Lipinski definition) is 3. The van der Waals surface area contributed by atoms with Crippen molar-refractivity contribution in [3.63, 3.8) is 0 Å². The Labute approximate surface area is 109 Å². The third-order valence-corrected chi connectivity index (χ3v) is 3.12. The molecular weight excluding hydrogens is 254 g/mol. The lowest BCUT2D eigenvalue weighted by Crippen LogP contribution is -2.42. The molecule has 0 spiro atoms. The number of anilines is 1. The summed E-state index contributed by atoms with van der Waals surface area (Å²) in [5.41, 5.74) is 0.903. The van der Waals surface area contributed by atoms with Crippen molar-refractivity contribution in [1.82, 2.24) is 10.3 Å². The highest BCUT2D eigenvalue weighted by Gasteiger charge is 2.18. The molecule has 0 aliphatic heterocycles. The summed E-state index contributed by atoms with van der Waals surface area (Å²) in [5.74, 6) is -0.753. The average Bonchev–Trinajstić information content (AvgIpc) is 2.74. The van der Waals surface area contributed by atoms with Gasteiger partial charge in [-0.05, 0) is 12.3 Å². The van der Waals surface area contributed by atoms with Gasteiger partial charge < -0.3 is 10.4 Å². The predicted molar refractivity (Wildman–Crippen MR) is 70.1 cm³/mol. The SMILES string of the molecule is CCC(NC(=O)Nc1nc(C(C)C)cs1)C(=O)O. The Hall–Kier alpha value is -1.63. The number of hydrogen-bond acceptors (Lipinski definition) is 4. The summed E-state index contributed by atoms with van der Waals surface area (Å²) in [7, 11) is 0. The normalized spacial score (nSPS) is 12.2. The summed E-state index contributed by atoms with van der Waals surface area (Å²) in [6.45, 7) is 5.71. The molecule has 3 N–H and O–H groups in total. The average molecular weight is 271 g/mol. The summed E-state index contributed by atoms with van der Waals surface area (Å²) in [6.07, 6.45) is 0.331. The standard InChI is InChI=1S/C11H17N3O3S/c1-4-7(9(15)16)12-10(17)14-11-13-8(5-18-11)6(2)3/h5-7H,4H2,1-3H3,(H,15,16)(H2,12,13,14,17). The molecule has 0 saturated carbocycles. The topological polar surface area (TPSA) is 91.3 Å². The molecule has 6 nitrogen and oxygen atoms in total. The van der Waals surface area contributed by atoms with Gasteiger partial charge in [0.05, 0.1) is 5.69 Å². The lowest BCUT2D eigenvalue weighted by molar-refractivity contribution is -0.139. The Balaban J connectivity index is 2.56. The minimum absolute atomic E-state index is 0.294. The smallest absolute Gasteiger partial charge is 0.326 e. The van der Waals surface area contributed by atoms with E-state index < -0.39 is 18.0 Å². The summed E-state index contributed by atoms with van der Waals surface area (Å²) in [6, 6.07) is -1.43. The first kappa shape index (κ1) is 14.4. The van der Waals surface area contributed by atoms with Crippen molar-refractivity contribution in [1.29, 1.82) is 0 Å². The number of thiazole rings is 1. The molecule has 0 aliphatic rings. The van der Waals surface area contributed by atoms with Crippen molar-refractivity contribution in [2.45, 2.75) is 39.2 Å². The Kier molecular flexibility index (Phi) is 5.08. The van der Waals surface area contributed by atoms with Gasteiger partial charge in [-0.2, -0.15) is 0 Å². The van der Waals surface area contributed by atoms with Crippen LogP contribution in [0, 0.1) is 0 Å². The second-order valence-corrected chi connectivity index (χ2v) is 4.99. The fourth-order valence-corrected chi connectivity index (χ4v) is 2.11. The molecule has 1 rings (SSSR count). The first-order chi connectivity index (χ1) is 8.43. The van der Waals surface area contributed by atoms with Crippen LogP contribution in [-0.4, -0.2) is 28.1 Å². The van der Waals surface area contributed by atoms with Crippen molar-refractivity contribution in [3.05, 3.63) is 11.1 Å². The third kappa shape index (κ3) is 3.99. The first-order valence-electron chi connectivity index (χ1n) is 5.69. The van der Waals surface area contributed by atoms with Crippen LogP contribution in [0.2, 0.25) is 0 Å².